The second kappa shape index (κ2) is 7.33. The third-order valence-corrected chi connectivity index (χ3v) is 22.8. The summed E-state index contributed by atoms with van der Waals surface area (Å²) < 4.78 is -3.41. The predicted octanol–water partition coefficient (Wildman–Crippen LogP) is 9.12. The number of rotatable bonds is 2. The van der Waals surface area contributed by atoms with E-state index in [1.165, 1.54) is 0 Å². The molecule has 12 heteroatoms. The first-order chi connectivity index (χ1) is 7.00. The SMILES string of the molecule is BrC(Br)(Br)C(Br)(Br)C(Br)(Br)C(Br)(Br)C(Br)(Br)Br. The average molecular weight is 1020 g/mol. The van der Waals surface area contributed by atoms with E-state index in [2.05, 4.69) is 191 Å². The minimum absolute atomic E-state index is 0.641. The van der Waals surface area contributed by atoms with Crippen LogP contribution in [0.1, 0.15) is 0 Å². The van der Waals surface area contributed by atoms with Gasteiger partial charge in [0.15, 0.2) is 4.29 Å². The van der Waals surface area contributed by atoms with Crippen molar-refractivity contribution in [1.82, 2.24) is 0 Å². The monoisotopic (exact) mass is 1010 g/mol. The summed E-state index contributed by atoms with van der Waals surface area (Å²) in [7, 11) is 0. The molecule has 0 aliphatic rings. The van der Waals surface area contributed by atoms with Gasteiger partial charge >= 0.3 is 0 Å². The van der Waals surface area contributed by atoms with Crippen molar-refractivity contribution in [2.45, 2.75) is 14.0 Å². The van der Waals surface area contributed by atoms with Gasteiger partial charge in [0.05, 0.1) is 0 Å². The third kappa shape index (κ3) is 4.87. The van der Waals surface area contributed by atoms with Crippen molar-refractivity contribution in [1.29, 1.82) is 0 Å². The molecule has 104 valence electrons. The Labute approximate surface area is 201 Å². The van der Waals surface area contributed by atoms with E-state index >= 15 is 0 Å². The van der Waals surface area contributed by atoms with E-state index < -0.39 is 14.0 Å². The highest BCUT2D eigenvalue weighted by Crippen LogP contribution is 2.72. The lowest BCUT2D eigenvalue weighted by molar-refractivity contribution is 0.735. The Morgan fingerprint density at radius 1 is 0.294 bits per heavy atom. The second-order valence-corrected chi connectivity index (χ2v) is 26.6. The molecule has 0 bridgehead atoms. The fourth-order valence-corrected chi connectivity index (χ4v) is 8.97. The molecule has 0 atom stereocenters. The highest BCUT2D eigenvalue weighted by Gasteiger charge is 2.69. The lowest BCUT2D eigenvalue weighted by Gasteiger charge is -2.49. The van der Waals surface area contributed by atoms with E-state index in [-0.39, 0.29) is 0 Å². The fourth-order valence-electron chi connectivity index (χ4n) is 0.553. The van der Waals surface area contributed by atoms with Gasteiger partial charge in [0.25, 0.3) is 0 Å². The van der Waals surface area contributed by atoms with Crippen LogP contribution in [0.2, 0.25) is 0 Å². The molecule has 0 aliphatic heterocycles. The molecule has 0 spiro atoms. The van der Waals surface area contributed by atoms with Crippen molar-refractivity contribution in [2.24, 2.45) is 0 Å². The lowest BCUT2D eigenvalue weighted by atomic mass is 10.2. The molecule has 0 amide bonds. The number of hydrogen-bond donors (Lipinski definition) is 0. The molecule has 0 aromatic carbocycles. The topological polar surface area (TPSA) is 0 Å². The molecule has 0 rings (SSSR count). The van der Waals surface area contributed by atoms with Crippen molar-refractivity contribution in [3.63, 3.8) is 0 Å². The first-order valence-electron chi connectivity index (χ1n) is 3.27. The molecule has 0 radical (unpaired) electrons. The second-order valence-electron chi connectivity index (χ2n) is 2.72. The fraction of sp³-hybridized carbons (Fsp3) is 1.00. The van der Waals surface area contributed by atoms with Gasteiger partial charge in [0, 0.05) is 0 Å². The van der Waals surface area contributed by atoms with Crippen molar-refractivity contribution in [3.8, 4) is 0 Å². The molecule has 0 unspecified atom stereocenters. The summed E-state index contributed by atoms with van der Waals surface area (Å²) in [6, 6.07) is 0. The zero-order chi connectivity index (χ0) is 14.5. The van der Waals surface area contributed by atoms with Crippen LogP contribution in [0.5, 0.6) is 0 Å². The smallest absolute Gasteiger partial charge is 0.0674 e. The Balaban J connectivity index is 5.73. The third-order valence-electron chi connectivity index (χ3n) is 1.50. The van der Waals surface area contributed by atoms with Gasteiger partial charge in [-0.2, -0.15) is 0 Å². The van der Waals surface area contributed by atoms with Crippen LogP contribution in [0, 0.1) is 0 Å². The van der Waals surface area contributed by atoms with Crippen molar-refractivity contribution < 1.29 is 0 Å². The number of halogens is 12. The van der Waals surface area contributed by atoms with Crippen LogP contribution in [0.3, 0.4) is 0 Å². The maximum absolute atomic E-state index is 3.65. The minimum Gasteiger partial charge on any atom is -0.0674 e. The molecule has 0 fully saturated rings. The van der Waals surface area contributed by atoms with Crippen molar-refractivity contribution in [2.75, 3.05) is 0 Å². The van der Waals surface area contributed by atoms with Crippen LogP contribution >= 0.6 is 191 Å². The van der Waals surface area contributed by atoms with Gasteiger partial charge in [0.2, 0.25) is 0 Å². The minimum atomic E-state index is -0.729. The first kappa shape index (κ1) is 22.8. The van der Waals surface area contributed by atoms with Crippen LogP contribution < -0.4 is 0 Å². The first-order valence-corrected chi connectivity index (χ1v) is 12.8. The van der Waals surface area contributed by atoms with Gasteiger partial charge in [-0.1, -0.05) is 191 Å². The van der Waals surface area contributed by atoms with Crippen molar-refractivity contribution in [3.05, 3.63) is 0 Å². The highest BCUT2D eigenvalue weighted by atomic mass is 80.0. The Kier molecular flexibility index (Phi) is 9.82. The van der Waals surface area contributed by atoms with Crippen LogP contribution in [-0.4, -0.2) is 14.0 Å². The van der Waals surface area contributed by atoms with E-state index in [0.717, 1.165) is 0 Å². The van der Waals surface area contributed by atoms with Crippen molar-refractivity contribution >= 4 is 191 Å². The van der Waals surface area contributed by atoms with Gasteiger partial charge in [-0.15, -0.1) is 0 Å². The van der Waals surface area contributed by atoms with Gasteiger partial charge < -0.3 is 0 Å². The van der Waals surface area contributed by atoms with Crippen LogP contribution in [0.15, 0.2) is 0 Å². The van der Waals surface area contributed by atoms with E-state index in [1.54, 1.807) is 0 Å². The lowest BCUT2D eigenvalue weighted by Crippen LogP contribution is -2.58. The largest absolute Gasteiger partial charge is 0.162 e. The molecular weight excluding hydrogens is 1020 g/mol. The van der Waals surface area contributed by atoms with E-state index in [1.807, 2.05) is 0 Å². The van der Waals surface area contributed by atoms with Crippen LogP contribution in [0.4, 0.5) is 0 Å². The quantitative estimate of drug-likeness (QED) is 0.243. The summed E-state index contributed by atoms with van der Waals surface area (Å²) in [5, 5.41) is 0. The molecule has 0 nitrogen and oxygen atoms in total. The molecule has 0 saturated carbocycles. The summed E-state index contributed by atoms with van der Waals surface area (Å²) in [6.45, 7) is 0. The van der Waals surface area contributed by atoms with E-state index in [0.29, 0.717) is 0 Å². The Morgan fingerprint density at radius 3 is 0.588 bits per heavy atom. The van der Waals surface area contributed by atoms with Gasteiger partial charge in [-0.05, 0) is 0 Å². The zero-order valence-corrected chi connectivity index (χ0v) is 26.1. The van der Waals surface area contributed by atoms with Gasteiger partial charge in [-0.3, -0.25) is 0 Å². The predicted molar refractivity (Wildman–Crippen MR) is 121 cm³/mol. The molecule has 17 heavy (non-hydrogen) atoms. The van der Waals surface area contributed by atoms with Crippen LogP contribution in [-0.2, 0) is 0 Å². The van der Waals surface area contributed by atoms with Gasteiger partial charge in [-0.25, -0.2) is 0 Å². The number of alkyl halides is 12. The summed E-state index contributed by atoms with van der Waals surface area (Å²) in [5.41, 5.74) is 0. The maximum Gasteiger partial charge on any atom is 0.162 e. The summed E-state index contributed by atoms with van der Waals surface area (Å²) in [4.78, 5) is 0. The highest BCUT2D eigenvalue weighted by molar-refractivity contribution is 9.43. The standard InChI is InChI=1S/C5Br12/c6-1(7,2(8,9)4(12,13)14)3(10,11)5(15,16)17. The number of hydrogen-bond acceptors (Lipinski definition) is 0. The normalized spacial score (nSPS) is 16.2. The summed E-state index contributed by atoms with van der Waals surface area (Å²) >= 11 is 42.7. The Hall–Kier alpha value is 5.76. The Bertz CT molecular complexity index is 250. The van der Waals surface area contributed by atoms with E-state index in [9.17, 15) is 0 Å². The molecule has 0 aliphatic carbocycles. The molecular formula is C5Br12. The maximum atomic E-state index is 3.65. The van der Waals surface area contributed by atoms with Crippen LogP contribution in [0.25, 0.3) is 0 Å². The molecule has 0 saturated heterocycles. The Morgan fingerprint density at radius 2 is 0.471 bits per heavy atom. The summed E-state index contributed by atoms with van der Waals surface area (Å²) in [5.74, 6) is 0. The van der Waals surface area contributed by atoms with Gasteiger partial charge in [0.1, 0.15) is 9.70 Å². The summed E-state index contributed by atoms with van der Waals surface area (Å²) in [6.07, 6.45) is 0. The van der Waals surface area contributed by atoms with E-state index in [4.69, 9.17) is 0 Å². The molecule has 0 aromatic heterocycles. The molecule has 0 N–H and O–H groups in total. The molecule has 0 aromatic rings. The zero-order valence-electron chi connectivity index (χ0n) is 7.04. The average Bonchev–Trinajstić information content (AvgIpc) is 1.98. The molecule has 0 heterocycles.